The topological polar surface area (TPSA) is 71.4 Å². The molecule has 0 amide bonds. The molecule has 0 fully saturated rings. The number of carbonyl (C=O) groups is 1. The van der Waals surface area contributed by atoms with Crippen molar-refractivity contribution < 1.29 is 50.5 Å². The first-order valence-electron chi connectivity index (χ1n) is 2.82. The minimum absolute atomic E-state index is 0. The van der Waals surface area contributed by atoms with E-state index < -0.39 is 10.1 Å². The van der Waals surface area contributed by atoms with Gasteiger partial charge in [0.25, 0.3) is 10.1 Å². The predicted molar refractivity (Wildman–Crippen MR) is 43.9 cm³/mol. The van der Waals surface area contributed by atoms with E-state index in [-0.39, 0.29) is 50.0 Å². The molecule has 4 nitrogen and oxygen atoms in total. The molecule has 12 heavy (non-hydrogen) atoms. The van der Waals surface area contributed by atoms with E-state index in [1.165, 1.54) is 12.7 Å². The van der Waals surface area contributed by atoms with Gasteiger partial charge in [-0.2, -0.15) is 8.42 Å². The third-order valence-electron chi connectivity index (χ3n) is 0.708. The van der Waals surface area contributed by atoms with Gasteiger partial charge in [-0.05, 0) is 12.7 Å². The van der Waals surface area contributed by atoms with Crippen LogP contribution in [0.4, 0.5) is 0 Å². The molecule has 0 saturated carbocycles. The maximum atomic E-state index is 10.3. The van der Waals surface area contributed by atoms with Gasteiger partial charge in [0.15, 0.2) is 0 Å². The van der Waals surface area contributed by atoms with Crippen LogP contribution in [-0.4, -0.2) is 30.3 Å². The zero-order valence-electron chi connectivity index (χ0n) is 6.56. The zero-order chi connectivity index (χ0) is 8.91. The van der Waals surface area contributed by atoms with Crippen molar-refractivity contribution in [3.63, 3.8) is 0 Å². The molecule has 0 atom stereocenters. The molecule has 0 aliphatic carbocycles. The fourth-order valence-corrected chi connectivity index (χ4v) is 1.91. The van der Waals surface area contributed by atoms with Gasteiger partial charge in [-0.3, -0.25) is 10.3 Å². The van der Waals surface area contributed by atoms with Crippen molar-refractivity contribution in [1.29, 1.82) is 0 Å². The van der Waals surface area contributed by atoms with Gasteiger partial charge in [-0.15, -0.1) is 0 Å². The van der Waals surface area contributed by atoms with Crippen LogP contribution in [0.25, 0.3) is 0 Å². The smallest absolute Gasteiger partial charge is 0.265 e. The average Bonchev–Trinajstić information content (AvgIpc) is 1.78. The Hall–Kier alpha value is 0.904. The van der Waals surface area contributed by atoms with Gasteiger partial charge in [0.05, 0.1) is 5.75 Å². The Labute approximate surface area is 101 Å². The number of thioether (sulfide) groups is 1. The molecule has 0 bridgehead atoms. The third kappa shape index (κ3) is 13.5. The van der Waals surface area contributed by atoms with Crippen molar-refractivity contribution in [2.45, 2.75) is 6.92 Å². The van der Waals surface area contributed by atoms with E-state index in [9.17, 15) is 13.2 Å². The van der Waals surface area contributed by atoms with Crippen molar-refractivity contribution in [3.05, 3.63) is 5.75 Å². The molecule has 0 rings (SSSR count). The molecule has 0 aromatic heterocycles. The Morgan fingerprint density at radius 1 is 1.58 bits per heavy atom. The van der Waals surface area contributed by atoms with Crippen LogP contribution in [0.1, 0.15) is 6.92 Å². The van der Waals surface area contributed by atoms with Crippen LogP contribution < -0.4 is 0 Å². The fraction of sp³-hybridized carbons (Fsp3) is 0.600. The van der Waals surface area contributed by atoms with Crippen LogP contribution in [0.5, 0.6) is 0 Å². The van der Waals surface area contributed by atoms with Crippen LogP contribution in [0.2, 0.25) is 0 Å². The second kappa shape index (κ2) is 7.32. The Bertz CT molecular complexity index is 224. The molecule has 7 heteroatoms. The van der Waals surface area contributed by atoms with Crippen molar-refractivity contribution in [1.82, 2.24) is 0 Å². The van der Waals surface area contributed by atoms with Crippen LogP contribution in [0.15, 0.2) is 0 Å². The molecule has 0 spiro atoms. The van der Waals surface area contributed by atoms with E-state index in [4.69, 9.17) is 4.55 Å². The summed E-state index contributed by atoms with van der Waals surface area (Å²) in [5.41, 5.74) is 0. The number of rotatable bonds is 5. The van der Waals surface area contributed by atoms with Gasteiger partial charge in [-0.1, -0.05) is 0 Å². The summed E-state index contributed by atoms with van der Waals surface area (Å²) in [6, 6.07) is 0. The SMILES string of the molecule is CC(=O)[CH-]SCCS(=O)(=O)O.[Y]. The van der Waals surface area contributed by atoms with E-state index in [0.29, 0.717) is 0 Å². The van der Waals surface area contributed by atoms with E-state index in [1.807, 2.05) is 0 Å². The normalized spacial score (nSPS) is 10.2. The molecular weight excluding hydrogens is 277 g/mol. The average molecular weight is 286 g/mol. The first-order valence-corrected chi connectivity index (χ1v) is 5.48. The second-order valence-electron chi connectivity index (χ2n) is 1.89. The van der Waals surface area contributed by atoms with Gasteiger partial charge < -0.3 is 16.6 Å². The second-order valence-corrected chi connectivity index (χ2v) is 4.43. The molecule has 0 saturated heterocycles. The van der Waals surface area contributed by atoms with Crippen LogP contribution in [-0.2, 0) is 47.6 Å². The van der Waals surface area contributed by atoms with Crippen LogP contribution in [0.3, 0.4) is 0 Å². The summed E-state index contributed by atoms with van der Waals surface area (Å²) in [6.07, 6.45) is 0. The van der Waals surface area contributed by atoms with Crippen LogP contribution in [0, 0.1) is 5.75 Å². The number of hydrogen-bond donors (Lipinski definition) is 1. The summed E-state index contributed by atoms with van der Waals surface area (Å²) in [7, 11) is -3.87. The number of carbonyl (C=O) groups excluding carboxylic acids is 1. The maximum Gasteiger partial charge on any atom is 0.265 e. The molecule has 69 valence electrons. The van der Waals surface area contributed by atoms with E-state index in [1.54, 1.807) is 0 Å². The van der Waals surface area contributed by atoms with E-state index in [2.05, 4.69) is 0 Å². The Balaban J connectivity index is 0. The van der Waals surface area contributed by atoms with E-state index >= 15 is 0 Å². The predicted octanol–water partition coefficient (Wildman–Crippen LogP) is 0.356. The standard InChI is InChI=1S/C5H9O4S2.Y/c1-5(6)4-10-2-3-11(7,8)9;/h4H,2-3H2,1H3,(H,7,8,9);/q-1;. The van der Waals surface area contributed by atoms with Crippen molar-refractivity contribution in [3.8, 4) is 0 Å². The number of ketones is 1. The molecule has 0 heterocycles. The maximum absolute atomic E-state index is 10.3. The molecule has 1 N–H and O–H groups in total. The monoisotopic (exact) mass is 286 g/mol. The van der Waals surface area contributed by atoms with Gasteiger partial charge >= 0.3 is 0 Å². The Morgan fingerprint density at radius 2 is 2.08 bits per heavy atom. The zero-order valence-corrected chi connectivity index (χ0v) is 11.0. The molecular formula is C5H9O4S2Y-. The van der Waals surface area contributed by atoms with Crippen molar-refractivity contribution in [2.24, 2.45) is 0 Å². The molecule has 0 unspecified atom stereocenters. The Morgan fingerprint density at radius 3 is 2.42 bits per heavy atom. The van der Waals surface area contributed by atoms with Crippen molar-refractivity contribution >= 4 is 27.7 Å². The first-order chi connectivity index (χ1) is 4.92. The van der Waals surface area contributed by atoms with Crippen molar-refractivity contribution in [2.75, 3.05) is 11.5 Å². The van der Waals surface area contributed by atoms with Gasteiger partial charge in [0.1, 0.15) is 0 Å². The van der Waals surface area contributed by atoms with Gasteiger partial charge in [0.2, 0.25) is 0 Å². The quantitative estimate of drug-likeness (QED) is 0.449. The largest absolute Gasteiger partial charge is 0.334 e. The number of hydrogen-bond acceptors (Lipinski definition) is 4. The molecule has 0 aliphatic heterocycles. The van der Waals surface area contributed by atoms with Gasteiger partial charge in [0, 0.05) is 38.5 Å². The summed E-state index contributed by atoms with van der Waals surface area (Å²) in [5.74, 6) is 1.08. The summed E-state index contributed by atoms with van der Waals surface area (Å²) in [5, 5.41) is 0. The summed E-state index contributed by atoms with van der Waals surface area (Å²) >= 11 is 1.07. The minimum atomic E-state index is -3.87. The van der Waals surface area contributed by atoms with Crippen LogP contribution >= 0.6 is 11.8 Å². The third-order valence-corrected chi connectivity index (χ3v) is 2.63. The summed E-state index contributed by atoms with van der Waals surface area (Å²) < 4.78 is 28.5. The molecule has 0 aromatic carbocycles. The fourth-order valence-electron chi connectivity index (χ4n) is 0.330. The van der Waals surface area contributed by atoms with E-state index in [0.717, 1.165) is 11.8 Å². The minimum Gasteiger partial charge on any atom is -0.334 e. The Kier molecular flexibility index (Phi) is 9.38. The molecule has 0 aliphatic rings. The molecule has 1 radical (unpaired) electrons. The first kappa shape index (κ1) is 15.4. The summed E-state index contributed by atoms with van der Waals surface area (Å²) in [4.78, 5) is 10.3. The molecule has 0 aromatic rings. The number of Topliss-reactive ketones (excluding diaryl/α,β-unsaturated/α-hetero) is 1. The summed E-state index contributed by atoms with van der Waals surface area (Å²) in [6.45, 7) is 1.38. The van der Waals surface area contributed by atoms with Gasteiger partial charge in [-0.25, -0.2) is 0 Å².